The molecule has 1 N–H and O–H groups in total. The summed E-state index contributed by atoms with van der Waals surface area (Å²) in [5.74, 6) is 0.969. The summed E-state index contributed by atoms with van der Waals surface area (Å²) in [5.41, 5.74) is 0. The summed E-state index contributed by atoms with van der Waals surface area (Å²) in [7, 11) is 4.31. The summed E-state index contributed by atoms with van der Waals surface area (Å²) in [6.45, 7) is 1.97. The van der Waals surface area contributed by atoms with Crippen LogP contribution >= 0.6 is 0 Å². The van der Waals surface area contributed by atoms with E-state index in [0.717, 1.165) is 25.3 Å². The van der Waals surface area contributed by atoms with Gasteiger partial charge in [0.05, 0.1) is 27.2 Å². The minimum Gasteiger partial charge on any atom is -1.00 e. The summed E-state index contributed by atoms with van der Waals surface area (Å²) in [6, 6.07) is 9.96. The van der Waals surface area contributed by atoms with E-state index in [9.17, 15) is 0 Å². The van der Waals surface area contributed by atoms with Crippen LogP contribution in [0.3, 0.4) is 0 Å². The Balaban J connectivity index is 0.00000169. The van der Waals surface area contributed by atoms with Crippen molar-refractivity contribution < 1.29 is 26.6 Å². The first kappa shape index (κ1) is 13.5. The van der Waals surface area contributed by atoms with Crippen LogP contribution in [0, 0.1) is 0 Å². The van der Waals surface area contributed by atoms with E-state index in [2.05, 4.69) is 14.1 Å². The second-order valence-corrected chi connectivity index (χ2v) is 3.47. The molecule has 80 valence electrons. The summed E-state index contributed by atoms with van der Waals surface area (Å²) in [6.07, 6.45) is 1.11. The maximum atomic E-state index is 5.54. The lowest BCUT2D eigenvalue weighted by molar-refractivity contribution is -0.858. The van der Waals surface area contributed by atoms with E-state index in [1.165, 1.54) is 4.90 Å². The van der Waals surface area contributed by atoms with Gasteiger partial charge in [0, 0.05) is 6.42 Å². The van der Waals surface area contributed by atoms with Gasteiger partial charge in [0.25, 0.3) is 0 Å². The van der Waals surface area contributed by atoms with Crippen molar-refractivity contribution in [1.82, 2.24) is 0 Å². The smallest absolute Gasteiger partial charge is 0.119 e. The summed E-state index contributed by atoms with van der Waals surface area (Å²) in [5, 5.41) is 0. The number of halogens is 1. The highest BCUT2D eigenvalue weighted by molar-refractivity contribution is 5.20. The van der Waals surface area contributed by atoms with E-state index in [1.54, 1.807) is 0 Å². The third-order valence-corrected chi connectivity index (χ3v) is 1.83. The molecule has 1 aromatic carbocycles. The molecule has 0 saturated heterocycles. The molecule has 0 atom stereocenters. The second-order valence-electron chi connectivity index (χ2n) is 3.47. The Kier molecular flexibility index (Phi) is 7.52. The molecule has 14 heavy (non-hydrogen) atoms. The van der Waals surface area contributed by atoms with Crippen molar-refractivity contribution in [3.63, 3.8) is 0 Å². The van der Waals surface area contributed by atoms with Gasteiger partial charge in [0.15, 0.2) is 0 Å². The molecule has 0 aliphatic carbocycles. The Morgan fingerprint density at radius 3 is 2.36 bits per heavy atom. The zero-order chi connectivity index (χ0) is 9.52. The standard InChI is InChI=1S/C11H17NO.BrH/c1-12(2)9-6-10-13-11-7-4-3-5-8-11;/h3-5,7-8H,6,9-10H2,1-2H3;1H. The van der Waals surface area contributed by atoms with Gasteiger partial charge >= 0.3 is 0 Å². The number of benzene rings is 1. The Morgan fingerprint density at radius 2 is 1.79 bits per heavy atom. The van der Waals surface area contributed by atoms with Crippen LogP contribution in [0.25, 0.3) is 0 Å². The molecule has 0 aromatic heterocycles. The maximum absolute atomic E-state index is 5.54. The molecule has 0 saturated carbocycles. The number of ether oxygens (including phenoxy) is 1. The number of rotatable bonds is 5. The Bertz CT molecular complexity index is 226. The fraction of sp³-hybridized carbons (Fsp3) is 0.455. The quantitative estimate of drug-likeness (QED) is 0.583. The van der Waals surface area contributed by atoms with Crippen molar-refractivity contribution in [2.24, 2.45) is 0 Å². The van der Waals surface area contributed by atoms with Crippen LogP contribution < -0.4 is 26.6 Å². The van der Waals surface area contributed by atoms with Crippen molar-refractivity contribution in [3.8, 4) is 5.75 Å². The Morgan fingerprint density at radius 1 is 1.14 bits per heavy atom. The lowest BCUT2D eigenvalue weighted by Crippen LogP contribution is -3.05. The molecule has 1 rings (SSSR count). The molecule has 0 fully saturated rings. The maximum Gasteiger partial charge on any atom is 0.119 e. The van der Waals surface area contributed by atoms with E-state index in [4.69, 9.17) is 4.74 Å². The minimum atomic E-state index is 0. The molecule has 0 unspecified atom stereocenters. The monoisotopic (exact) mass is 259 g/mol. The highest BCUT2D eigenvalue weighted by Crippen LogP contribution is 2.07. The molecular formula is C11H18BrNO. The van der Waals surface area contributed by atoms with Crippen LogP contribution in [0.2, 0.25) is 0 Å². The van der Waals surface area contributed by atoms with Gasteiger partial charge in [-0.2, -0.15) is 0 Å². The lowest BCUT2D eigenvalue weighted by Gasteiger charge is -2.08. The average Bonchev–Trinajstić information content (AvgIpc) is 2.14. The van der Waals surface area contributed by atoms with Crippen LogP contribution in [0.4, 0.5) is 0 Å². The van der Waals surface area contributed by atoms with Gasteiger partial charge in [-0.3, -0.25) is 0 Å². The van der Waals surface area contributed by atoms with Crippen molar-refractivity contribution >= 4 is 0 Å². The molecule has 3 heteroatoms. The average molecular weight is 260 g/mol. The normalized spacial score (nSPS) is 9.64. The first-order valence-electron chi connectivity index (χ1n) is 4.76. The molecule has 0 amide bonds. The second kappa shape index (κ2) is 7.83. The minimum absolute atomic E-state index is 0. The molecule has 0 aliphatic heterocycles. The third kappa shape index (κ3) is 6.00. The fourth-order valence-electron chi connectivity index (χ4n) is 1.13. The number of hydrogen-bond acceptors (Lipinski definition) is 1. The Hall–Kier alpha value is -0.540. The molecular weight excluding hydrogens is 242 g/mol. The molecule has 2 nitrogen and oxygen atoms in total. The van der Waals surface area contributed by atoms with E-state index in [0.29, 0.717) is 0 Å². The molecule has 0 radical (unpaired) electrons. The van der Waals surface area contributed by atoms with Gasteiger partial charge in [0.2, 0.25) is 0 Å². The third-order valence-electron chi connectivity index (χ3n) is 1.83. The van der Waals surface area contributed by atoms with Gasteiger partial charge in [-0.25, -0.2) is 0 Å². The summed E-state index contributed by atoms with van der Waals surface area (Å²) in [4.78, 5) is 1.47. The van der Waals surface area contributed by atoms with Gasteiger partial charge in [-0.15, -0.1) is 0 Å². The molecule has 0 heterocycles. The highest BCUT2D eigenvalue weighted by Gasteiger charge is 1.94. The van der Waals surface area contributed by atoms with Crippen LogP contribution in [-0.2, 0) is 0 Å². The SMILES string of the molecule is C[NH+](C)CCCOc1ccccc1.[Br-]. The Labute approximate surface area is 96.6 Å². The van der Waals surface area contributed by atoms with E-state index >= 15 is 0 Å². The van der Waals surface area contributed by atoms with Gasteiger partial charge in [0.1, 0.15) is 5.75 Å². The van der Waals surface area contributed by atoms with Crippen LogP contribution in [-0.4, -0.2) is 27.2 Å². The molecule has 0 spiro atoms. The first-order valence-corrected chi connectivity index (χ1v) is 4.76. The summed E-state index contributed by atoms with van der Waals surface area (Å²) >= 11 is 0. The zero-order valence-corrected chi connectivity index (χ0v) is 10.4. The number of hydrogen-bond donors (Lipinski definition) is 1. The topological polar surface area (TPSA) is 13.7 Å². The highest BCUT2D eigenvalue weighted by atomic mass is 79.9. The predicted octanol–water partition coefficient (Wildman–Crippen LogP) is -2.40. The molecule has 1 aromatic rings. The van der Waals surface area contributed by atoms with E-state index in [1.807, 2.05) is 30.3 Å². The molecule has 0 aliphatic rings. The predicted molar refractivity (Wildman–Crippen MR) is 54.2 cm³/mol. The summed E-state index contributed by atoms with van der Waals surface area (Å²) < 4.78 is 5.54. The van der Waals surface area contributed by atoms with E-state index in [-0.39, 0.29) is 17.0 Å². The first-order chi connectivity index (χ1) is 6.29. The van der Waals surface area contributed by atoms with Crippen LogP contribution in [0.15, 0.2) is 30.3 Å². The van der Waals surface area contributed by atoms with Crippen LogP contribution in [0.5, 0.6) is 5.75 Å². The van der Waals surface area contributed by atoms with Gasteiger partial charge in [-0.1, -0.05) is 18.2 Å². The largest absolute Gasteiger partial charge is 1.00 e. The lowest BCUT2D eigenvalue weighted by atomic mass is 10.3. The fourth-order valence-corrected chi connectivity index (χ4v) is 1.13. The van der Waals surface area contributed by atoms with E-state index < -0.39 is 0 Å². The van der Waals surface area contributed by atoms with Crippen molar-refractivity contribution in [2.45, 2.75) is 6.42 Å². The van der Waals surface area contributed by atoms with Crippen molar-refractivity contribution in [1.29, 1.82) is 0 Å². The van der Waals surface area contributed by atoms with Gasteiger partial charge < -0.3 is 26.6 Å². The van der Waals surface area contributed by atoms with Gasteiger partial charge in [-0.05, 0) is 12.1 Å². The zero-order valence-electron chi connectivity index (χ0n) is 8.79. The van der Waals surface area contributed by atoms with Crippen LogP contribution in [0.1, 0.15) is 6.42 Å². The van der Waals surface area contributed by atoms with Crippen molar-refractivity contribution in [2.75, 3.05) is 27.2 Å². The number of nitrogens with one attached hydrogen (secondary N) is 1. The number of para-hydroxylation sites is 1. The number of quaternary nitrogens is 1. The van der Waals surface area contributed by atoms with Crippen molar-refractivity contribution in [3.05, 3.63) is 30.3 Å². The molecule has 0 bridgehead atoms.